The van der Waals surface area contributed by atoms with Crippen molar-refractivity contribution in [3.05, 3.63) is 12.4 Å². The molecule has 19 heavy (non-hydrogen) atoms. The Balaban J connectivity index is 2.37. The van der Waals surface area contributed by atoms with Gasteiger partial charge in [-0.15, -0.1) is 0 Å². The van der Waals surface area contributed by atoms with Gasteiger partial charge in [-0.25, -0.2) is 4.79 Å². The summed E-state index contributed by atoms with van der Waals surface area (Å²) < 4.78 is 1.77. The highest BCUT2D eigenvalue weighted by Gasteiger charge is 2.10. The monoisotopic (exact) mass is 267 g/mol. The van der Waals surface area contributed by atoms with Crippen LogP contribution in [0.25, 0.3) is 0 Å². The molecule has 0 aliphatic carbocycles. The normalized spacial score (nSPS) is 12.5. The van der Waals surface area contributed by atoms with Crippen LogP contribution in [0.1, 0.15) is 27.7 Å². The Kier molecular flexibility index (Phi) is 6.35. The van der Waals surface area contributed by atoms with Crippen LogP contribution in [-0.2, 0) is 6.54 Å². The molecule has 1 atom stereocenters. The van der Waals surface area contributed by atoms with E-state index in [0.29, 0.717) is 0 Å². The van der Waals surface area contributed by atoms with Crippen molar-refractivity contribution in [1.29, 1.82) is 0 Å². The molecule has 0 unspecified atom stereocenters. The predicted octanol–water partition coefficient (Wildman–Crippen LogP) is 1.75. The van der Waals surface area contributed by atoms with Crippen LogP contribution >= 0.6 is 0 Å². The fourth-order valence-corrected chi connectivity index (χ4v) is 1.91. The van der Waals surface area contributed by atoms with Crippen LogP contribution in [-0.4, -0.2) is 46.4 Å². The quantitative estimate of drug-likeness (QED) is 0.791. The highest BCUT2D eigenvalue weighted by atomic mass is 16.2. The van der Waals surface area contributed by atoms with Crippen molar-refractivity contribution in [1.82, 2.24) is 20.0 Å². The van der Waals surface area contributed by atoms with Crippen molar-refractivity contribution in [2.24, 2.45) is 0 Å². The summed E-state index contributed by atoms with van der Waals surface area (Å²) in [7, 11) is 0. The number of hydrogen-bond acceptors (Lipinski definition) is 3. The molecule has 2 amide bonds. The van der Waals surface area contributed by atoms with E-state index in [1.54, 1.807) is 10.9 Å². The zero-order valence-electron chi connectivity index (χ0n) is 12.3. The lowest BCUT2D eigenvalue weighted by Gasteiger charge is -2.23. The standard InChI is InChI=1S/C13H25N5O/c1-5-17(6-2)9-11(4)15-13(19)16-12-8-14-18(7-3)10-12/h8,10-11H,5-7,9H2,1-4H3,(H2,15,16,19)/t11-/m0/s1. The maximum Gasteiger partial charge on any atom is 0.319 e. The number of amides is 2. The Bertz CT molecular complexity index is 386. The highest BCUT2D eigenvalue weighted by Crippen LogP contribution is 2.04. The molecule has 0 aliphatic heterocycles. The Hall–Kier alpha value is -1.56. The Morgan fingerprint density at radius 2 is 2.11 bits per heavy atom. The van der Waals surface area contributed by atoms with E-state index in [4.69, 9.17) is 0 Å². The molecule has 0 spiro atoms. The number of urea groups is 1. The van der Waals surface area contributed by atoms with Gasteiger partial charge in [0.15, 0.2) is 0 Å². The van der Waals surface area contributed by atoms with Gasteiger partial charge in [0.05, 0.1) is 11.9 Å². The van der Waals surface area contributed by atoms with Gasteiger partial charge < -0.3 is 15.5 Å². The molecule has 0 bridgehead atoms. The van der Waals surface area contributed by atoms with Crippen molar-refractivity contribution in [2.45, 2.75) is 40.3 Å². The zero-order chi connectivity index (χ0) is 14.3. The molecule has 0 saturated heterocycles. The highest BCUT2D eigenvalue weighted by molar-refractivity contribution is 5.89. The van der Waals surface area contributed by atoms with E-state index >= 15 is 0 Å². The van der Waals surface area contributed by atoms with Gasteiger partial charge in [0.25, 0.3) is 0 Å². The fourth-order valence-electron chi connectivity index (χ4n) is 1.91. The summed E-state index contributed by atoms with van der Waals surface area (Å²) in [6.45, 7) is 11.9. The lowest BCUT2D eigenvalue weighted by Crippen LogP contribution is -2.43. The second kappa shape index (κ2) is 7.78. The fraction of sp³-hybridized carbons (Fsp3) is 0.692. The molecule has 108 valence electrons. The lowest BCUT2D eigenvalue weighted by atomic mass is 10.3. The second-order valence-electron chi connectivity index (χ2n) is 4.57. The zero-order valence-corrected chi connectivity index (χ0v) is 12.3. The third-order valence-electron chi connectivity index (χ3n) is 3.02. The molecule has 0 aliphatic rings. The third-order valence-corrected chi connectivity index (χ3v) is 3.02. The summed E-state index contributed by atoms with van der Waals surface area (Å²) in [5.74, 6) is 0. The number of carbonyl (C=O) groups excluding carboxylic acids is 1. The van der Waals surface area contributed by atoms with E-state index in [9.17, 15) is 4.79 Å². The van der Waals surface area contributed by atoms with E-state index in [1.807, 2.05) is 20.0 Å². The first-order chi connectivity index (χ1) is 9.08. The van der Waals surface area contributed by atoms with E-state index < -0.39 is 0 Å². The van der Waals surface area contributed by atoms with Crippen LogP contribution in [0.2, 0.25) is 0 Å². The summed E-state index contributed by atoms with van der Waals surface area (Å²) in [5, 5.41) is 9.82. The van der Waals surface area contributed by atoms with E-state index in [1.165, 1.54) is 0 Å². The number of likely N-dealkylation sites (N-methyl/N-ethyl adjacent to an activating group) is 1. The molecular formula is C13H25N5O. The molecular weight excluding hydrogens is 242 g/mol. The predicted molar refractivity (Wildman–Crippen MR) is 77.3 cm³/mol. The van der Waals surface area contributed by atoms with Gasteiger partial charge in [0, 0.05) is 25.3 Å². The van der Waals surface area contributed by atoms with Gasteiger partial charge >= 0.3 is 6.03 Å². The van der Waals surface area contributed by atoms with E-state index in [-0.39, 0.29) is 12.1 Å². The minimum absolute atomic E-state index is 0.112. The van der Waals surface area contributed by atoms with Crippen LogP contribution in [0, 0.1) is 0 Å². The van der Waals surface area contributed by atoms with Crippen molar-refractivity contribution in [2.75, 3.05) is 25.0 Å². The molecule has 0 saturated carbocycles. The van der Waals surface area contributed by atoms with Gasteiger partial charge in [0.1, 0.15) is 0 Å². The molecule has 1 heterocycles. The number of rotatable bonds is 7. The first-order valence-electron chi connectivity index (χ1n) is 6.91. The molecule has 0 radical (unpaired) electrons. The van der Waals surface area contributed by atoms with Gasteiger partial charge in [-0.1, -0.05) is 13.8 Å². The summed E-state index contributed by atoms with van der Waals surface area (Å²) in [5.41, 5.74) is 0.717. The number of aromatic nitrogens is 2. The molecule has 2 N–H and O–H groups in total. The summed E-state index contributed by atoms with van der Waals surface area (Å²) in [6.07, 6.45) is 3.47. The van der Waals surface area contributed by atoms with Crippen LogP contribution in [0.15, 0.2) is 12.4 Å². The van der Waals surface area contributed by atoms with Gasteiger partial charge in [-0.3, -0.25) is 4.68 Å². The lowest BCUT2D eigenvalue weighted by molar-refractivity contribution is 0.238. The van der Waals surface area contributed by atoms with Gasteiger partial charge in [0.2, 0.25) is 0 Å². The number of nitrogens with one attached hydrogen (secondary N) is 2. The molecule has 0 aromatic carbocycles. The van der Waals surface area contributed by atoms with Gasteiger partial charge in [-0.05, 0) is 26.9 Å². The minimum Gasteiger partial charge on any atom is -0.334 e. The molecule has 0 fully saturated rings. The van der Waals surface area contributed by atoms with Crippen molar-refractivity contribution in [3.8, 4) is 0 Å². The van der Waals surface area contributed by atoms with Crippen LogP contribution in [0.3, 0.4) is 0 Å². The maximum absolute atomic E-state index is 11.8. The van der Waals surface area contributed by atoms with Crippen molar-refractivity contribution < 1.29 is 4.79 Å². The molecule has 1 aromatic heterocycles. The number of aryl methyl sites for hydroxylation is 1. The summed E-state index contributed by atoms with van der Waals surface area (Å²) in [6, 6.07) is -0.0728. The Morgan fingerprint density at radius 3 is 2.63 bits per heavy atom. The number of carbonyl (C=O) groups is 1. The Labute approximate surface area is 115 Å². The van der Waals surface area contributed by atoms with E-state index in [0.717, 1.165) is 31.9 Å². The topological polar surface area (TPSA) is 62.2 Å². The van der Waals surface area contributed by atoms with Crippen molar-refractivity contribution >= 4 is 11.7 Å². The number of hydrogen-bond donors (Lipinski definition) is 2. The van der Waals surface area contributed by atoms with Crippen LogP contribution < -0.4 is 10.6 Å². The largest absolute Gasteiger partial charge is 0.334 e. The van der Waals surface area contributed by atoms with Crippen LogP contribution in [0.5, 0.6) is 0 Å². The SMILES string of the molecule is CCN(CC)C[C@H](C)NC(=O)Nc1cnn(CC)c1. The first-order valence-corrected chi connectivity index (χ1v) is 6.91. The summed E-state index contributed by atoms with van der Waals surface area (Å²) in [4.78, 5) is 14.1. The number of anilines is 1. The number of nitrogens with zero attached hydrogens (tertiary/aromatic N) is 3. The molecule has 1 aromatic rings. The Morgan fingerprint density at radius 1 is 1.42 bits per heavy atom. The molecule has 6 nitrogen and oxygen atoms in total. The maximum atomic E-state index is 11.8. The third kappa shape index (κ3) is 5.30. The second-order valence-corrected chi connectivity index (χ2v) is 4.57. The smallest absolute Gasteiger partial charge is 0.319 e. The first kappa shape index (κ1) is 15.5. The molecule has 6 heteroatoms. The average Bonchev–Trinajstić information content (AvgIpc) is 2.83. The van der Waals surface area contributed by atoms with E-state index in [2.05, 4.69) is 34.5 Å². The van der Waals surface area contributed by atoms with Crippen LogP contribution in [0.4, 0.5) is 10.5 Å². The summed E-state index contributed by atoms with van der Waals surface area (Å²) >= 11 is 0. The van der Waals surface area contributed by atoms with Crippen molar-refractivity contribution in [3.63, 3.8) is 0 Å². The average molecular weight is 267 g/mol. The molecule has 1 rings (SSSR count). The van der Waals surface area contributed by atoms with Gasteiger partial charge in [-0.2, -0.15) is 5.10 Å². The minimum atomic E-state index is -0.185.